The van der Waals surface area contributed by atoms with Crippen LogP contribution in [0.5, 0.6) is 5.75 Å². The Bertz CT molecular complexity index is 1000. The molecule has 0 aromatic heterocycles. The van der Waals surface area contributed by atoms with E-state index in [1.807, 2.05) is 49.1 Å². The zero-order chi connectivity index (χ0) is 20.6. The summed E-state index contributed by atoms with van der Waals surface area (Å²) in [6.07, 6.45) is 5.05. The molecule has 0 bridgehead atoms. The minimum Gasteiger partial charge on any atom is -0.486 e. The highest BCUT2D eigenvalue weighted by Gasteiger charge is 2.43. The molecule has 0 unspecified atom stereocenters. The molecule has 1 amide bonds. The van der Waals surface area contributed by atoms with Gasteiger partial charge < -0.3 is 9.64 Å². The Kier molecular flexibility index (Phi) is 5.22. The standard InChI is InChI=1S/C24H24ClNO3/c1-16-12-17(2)23-20(13-16)21(27)15-24(29-23)8-10-26(11-9-24)22(28)7-6-18-4-3-5-19(25)14-18/h3-7,12-14H,8-11,15H2,1-2H3/b7-6+. The molecule has 0 N–H and O–H groups in total. The smallest absolute Gasteiger partial charge is 0.246 e. The van der Waals surface area contributed by atoms with Crippen LogP contribution in [-0.2, 0) is 4.79 Å². The number of hydrogen-bond donors (Lipinski definition) is 0. The van der Waals surface area contributed by atoms with Crippen LogP contribution < -0.4 is 4.74 Å². The molecule has 150 valence electrons. The molecule has 1 fully saturated rings. The number of amides is 1. The molecule has 2 aromatic rings. The Morgan fingerprint density at radius 1 is 1.17 bits per heavy atom. The largest absolute Gasteiger partial charge is 0.486 e. The third-order valence-corrected chi connectivity index (χ3v) is 6.01. The molecule has 5 heteroatoms. The second kappa shape index (κ2) is 7.68. The number of likely N-dealkylation sites (tertiary alicyclic amines) is 1. The third-order valence-electron chi connectivity index (χ3n) is 5.77. The Labute approximate surface area is 176 Å². The number of aryl methyl sites for hydroxylation is 2. The van der Waals surface area contributed by atoms with E-state index in [0.717, 1.165) is 16.7 Å². The van der Waals surface area contributed by atoms with Gasteiger partial charge >= 0.3 is 0 Å². The van der Waals surface area contributed by atoms with Crippen molar-refractivity contribution in [3.63, 3.8) is 0 Å². The lowest BCUT2D eigenvalue weighted by molar-refractivity contribution is -0.129. The van der Waals surface area contributed by atoms with E-state index in [0.29, 0.717) is 48.7 Å². The van der Waals surface area contributed by atoms with Gasteiger partial charge in [0.15, 0.2) is 5.78 Å². The number of nitrogens with zero attached hydrogens (tertiary/aromatic N) is 1. The topological polar surface area (TPSA) is 46.6 Å². The Hall–Kier alpha value is -2.59. The van der Waals surface area contributed by atoms with Gasteiger partial charge in [-0.1, -0.05) is 29.8 Å². The summed E-state index contributed by atoms with van der Waals surface area (Å²) in [7, 11) is 0. The maximum absolute atomic E-state index is 12.8. The fraction of sp³-hybridized carbons (Fsp3) is 0.333. The van der Waals surface area contributed by atoms with Gasteiger partial charge in [0.25, 0.3) is 0 Å². The summed E-state index contributed by atoms with van der Waals surface area (Å²) in [5.74, 6) is 0.820. The molecule has 2 aliphatic rings. The maximum Gasteiger partial charge on any atom is 0.246 e. The first-order valence-corrected chi connectivity index (χ1v) is 10.3. The lowest BCUT2D eigenvalue weighted by atomic mass is 9.81. The Morgan fingerprint density at radius 2 is 1.93 bits per heavy atom. The fourth-order valence-corrected chi connectivity index (χ4v) is 4.43. The number of Topliss-reactive ketones (excluding diaryl/α,β-unsaturated/α-hetero) is 1. The van der Waals surface area contributed by atoms with Crippen molar-refractivity contribution < 1.29 is 14.3 Å². The number of carbonyl (C=O) groups excluding carboxylic acids is 2. The molecule has 1 spiro atoms. The first-order valence-electron chi connectivity index (χ1n) is 9.91. The van der Waals surface area contributed by atoms with E-state index in [9.17, 15) is 9.59 Å². The Morgan fingerprint density at radius 3 is 2.66 bits per heavy atom. The van der Waals surface area contributed by atoms with Crippen molar-refractivity contribution in [2.45, 2.75) is 38.7 Å². The lowest BCUT2D eigenvalue weighted by Crippen LogP contribution is -2.52. The van der Waals surface area contributed by atoms with E-state index >= 15 is 0 Å². The highest BCUT2D eigenvalue weighted by molar-refractivity contribution is 6.30. The van der Waals surface area contributed by atoms with Crippen LogP contribution in [0.4, 0.5) is 0 Å². The first-order chi connectivity index (χ1) is 13.8. The minimum absolute atomic E-state index is 0.0332. The molecule has 0 aliphatic carbocycles. The van der Waals surface area contributed by atoms with Crippen molar-refractivity contribution in [1.29, 1.82) is 0 Å². The van der Waals surface area contributed by atoms with E-state index in [1.54, 1.807) is 18.2 Å². The molecule has 4 rings (SSSR count). The third kappa shape index (κ3) is 4.08. The summed E-state index contributed by atoms with van der Waals surface area (Å²) in [5.41, 5.74) is 3.15. The van der Waals surface area contributed by atoms with E-state index in [4.69, 9.17) is 16.3 Å². The van der Waals surface area contributed by atoms with Crippen molar-refractivity contribution in [3.05, 3.63) is 69.8 Å². The summed E-state index contributed by atoms with van der Waals surface area (Å²) in [4.78, 5) is 27.2. The zero-order valence-corrected chi connectivity index (χ0v) is 17.5. The molecule has 2 aromatic carbocycles. The first kappa shape index (κ1) is 19.7. The van der Waals surface area contributed by atoms with Crippen LogP contribution in [0.3, 0.4) is 0 Å². The minimum atomic E-state index is -0.502. The van der Waals surface area contributed by atoms with Gasteiger partial charge in [-0.05, 0) is 54.8 Å². The SMILES string of the molecule is Cc1cc(C)c2c(c1)C(=O)CC1(CCN(C(=O)/C=C/c3cccc(Cl)c3)CC1)O2. The monoisotopic (exact) mass is 409 g/mol. The molecule has 0 saturated carbocycles. The average Bonchev–Trinajstić information content (AvgIpc) is 2.68. The molecule has 0 atom stereocenters. The van der Waals surface area contributed by atoms with Crippen LogP contribution in [0.25, 0.3) is 6.08 Å². The van der Waals surface area contributed by atoms with Crippen LogP contribution in [0.15, 0.2) is 42.5 Å². The van der Waals surface area contributed by atoms with Crippen LogP contribution in [-0.4, -0.2) is 35.3 Å². The molecular weight excluding hydrogens is 386 g/mol. The fourth-order valence-electron chi connectivity index (χ4n) is 4.23. The van der Waals surface area contributed by atoms with Crippen molar-refractivity contribution in [2.24, 2.45) is 0 Å². The quantitative estimate of drug-likeness (QED) is 0.656. The normalized spacial score (nSPS) is 18.0. The number of fused-ring (bicyclic) bond motifs is 1. The predicted molar refractivity (Wildman–Crippen MR) is 115 cm³/mol. The molecule has 2 aliphatic heterocycles. The zero-order valence-electron chi connectivity index (χ0n) is 16.7. The molecule has 29 heavy (non-hydrogen) atoms. The van der Waals surface area contributed by atoms with E-state index < -0.39 is 5.60 Å². The number of ketones is 1. The van der Waals surface area contributed by atoms with Crippen molar-refractivity contribution in [2.75, 3.05) is 13.1 Å². The lowest BCUT2D eigenvalue weighted by Gasteiger charge is -2.44. The van der Waals surface area contributed by atoms with Gasteiger partial charge in [0.2, 0.25) is 5.91 Å². The van der Waals surface area contributed by atoms with Gasteiger partial charge in [-0.3, -0.25) is 9.59 Å². The number of hydrogen-bond acceptors (Lipinski definition) is 3. The summed E-state index contributed by atoms with van der Waals surface area (Å²) >= 11 is 5.99. The van der Waals surface area contributed by atoms with E-state index in [2.05, 4.69) is 0 Å². The maximum atomic E-state index is 12.8. The molecule has 1 saturated heterocycles. The summed E-state index contributed by atoms with van der Waals surface area (Å²) < 4.78 is 6.40. The van der Waals surface area contributed by atoms with Gasteiger partial charge in [0.05, 0.1) is 12.0 Å². The summed E-state index contributed by atoms with van der Waals surface area (Å²) in [6.45, 7) is 5.13. The van der Waals surface area contributed by atoms with Crippen LogP contribution in [0.1, 0.15) is 46.3 Å². The highest BCUT2D eigenvalue weighted by atomic mass is 35.5. The number of carbonyl (C=O) groups is 2. The van der Waals surface area contributed by atoms with Crippen molar-refractivity contribution in [3.8, 4) is 5.75 Å². The van der Waals surface area contributed by atoms with E-state index in [1.165, 1.54) is 0 Å². The molecule has 2 heterocycles. The van der Waals surface area contributed by atoms with Crippen LogP contribution >= 0.6 is 11.6 Å². The Balaban J connectivity index is 1.44. The second-order valence-corrected chi connectivity index (χ2v) is 8.49. The predicted octanol–water partition coefficient (Wildman–Crippen LogP) is 5.00. The van der Waals surface area contributed by atoms with Crippen LogP contribution in [0, 0.1) is 13.8 Å². The van der Waals surface area contributed by atoms with Gasteiger partial charge in [0, 0.05) is 37.0 Å². The molecule has 4 nitrogen and oxygen atoms in total. The number of halogens is 1. The molecular formula is C24H24ClNO3. The van der Waals surface area contributed by atoms with Gasteiger partial charge in [0.1, 0.15) is 11.4 Å². The van der Waals surface area contributed by atoms with E-state index in [-0.39, 0.29) is 11.7 Å². The number of piperidine rings is 1. The van der Waals surface area contributed by atoms with Crippen molar-refractivity contribution >= 4 is 29.4 Å². The highest BCUT2D eigenvalue weighted by Crippen LogP contribution is 2.41. The van der Waals surface area contributed by atoms with Crippen LogP contribution in [0.2, 0.25) is 5.02 Å². The van der Waals surface area contributed by atoms with Gasteiger partial charge in [-0.15, -0.1) is 0 Å². The van der Waals surface area contributed by atoms with Gasteiger partial charge in [-0.25, -0.2) is 0 Å². The van der Waals surface area contributed by atoms with Gasteiger partial charge in [-0.2, -0.15) is 0 Å². The summed E-state index contributed by atoms with van der Waals surface area (Å²) in [6, 6.07) is 11.3. The molecule has 0 radical (unpaired) electrons. The number of rotatable bonds is 2. The number of ether oxygens (including phenoxy) is 1. The second-order valence-electron chi connectivity index (χ2n) is 8.06. The average molecular weight is 410 g/mol. The number of benzene rings is 2. The van der Waals surface area contributed by atoms with Crippen molar-refractivity contribution in [1.82, 2.24) is 4.90 Å². The summed E-state index contributed by atoms with van der Waals surface area (Å²) in [5, 5.41) is 0.643.